The molecule has 5 heteroatoms. The molecule has 0 radical (unpaired) electrons. The maximum Gasteiger partial charge on any atom is 0.160 e. The van der Waals surface area contributed by atoms with Crippen LogP contribution >= 0.6 is 0 Å². The van der Waals surface area contributed by atoms with Gasteiger partial charge in [0.15, 0.2) is 5.78 Å². The van der Waals surface area contributed by atoms with Gasteiger partial charge in [-0.25, -0.2) is 0 Å². The molecule has 0 spiro atoms. The fraction of sp³-hybridized carbons (Fsp3) is 0.786. The van der Waals surface area contributed by atoms with Crippen molar-refractivity contribution in [3.05, 3.63) is 23.5 Å². The van der Waals surface area contributed by atoms with E-state index >= 15 is 0 Å². The van der Waals surface area contributed by atoms with Gasteiger partial charge in [-0.15, -0.1) is 0 Å². The van der Waals surface area contributed by atoms with Crippen LogP contribution in [-0.2, 0) is 9.59 Å². The predicted octanol–water partition coefficient (Wildman–Crippen LogP) is 4.91. The van der Waals surface area contributed by atoms with Gasteiger partial charge in [0, 0.05) is 41.1 Å². The second kappa shape index (κ2) is 7.52. The number of carbonyl (C=O) groups excluding carboxylic acids is 2. The number of Topliss-reactive ketones (excluding diaryl/α,β-unsaturated/α-hetero) is 2. The molecule has 4 aliphatic rings. The Morgan fingerprint density at radius 2 is 1.76 bits per heavy atom. The van der Waals surface area contributed by atoms with Crippen molar-refractivity contribution in [2.24, 2.45) is 39.4 Å². The van der Waals surface area contributed by atoms with Crippen LogP contribution in [0, 0.1) is 39.4 Å². The van der Waals surface area contributed by atoms with Crippen molar-refractivity contribution in [1.29, 1.82) is 0 Å². The summed E-state index contributed by atoms with van der Waals surface area (Å²) in [5.41, 5.74) is -0.785. The van der Waals surface area contributed by atoms with E-state index in [0.717, 1.165) is 12.0 Å². The van der Waals surface area contributed by atoms with Gasteiger partial charge in [0.1, 0.15) is 5.78 Å². The highest BCUT2D eigenvalue weighted by atomic mass is 16.3. The van der Waals surface area contributed by atoms with Crippen LogP contribution in [0.1, 0.15) is 86.5 Å². The number of ketones is 2. The lowest BCUT2D eigenvalue weighted by atomic mass is 9.42. The van der Waals surface area contributed by atoms with E-state index in [2.05, 4.69) is 34.3 Å². The Morgan fingerprint density at radius 3 is 2.36 bits per heavy atom. The van der Waals surface area contributed by atoms with Gasteiger partial charge < -0.3 is 15.3 Å². The van der Waals surface area contributed by atoms with Crippen molar-refractivity contribution < 1.29 is 24.9 Å². The summed E-state index contributed by atoms with van der Waals surface area (Å²) in [6.45, 7) is 16.0. The summed E-state index contributed by atoms with van der Waals surface area (Å²) in [6.07, 6.45) is 2.20. The molecule has 0 saturated heterocycles. The van der Waals surface area contributed by atoms with Crippen molar-refractivity contribution in [2.75, 3.05) is 0 Å². The average Bonchev–Trinajstić information content (AvgIpc) is 2.92. The lowest BCUT2D eigenvalue weighted by Gasteiger charge is -2.61. The van der Waals surface area contributed by atoms with Crippen molar-refractivity contribution in [2.45, 2.75) is 98.7 Å². The molecule has 3 N–H and O–H groups in total. The first-order valence-electron chi connectivity index (χ1n) is 12.7. The summed E-state index contributed by atoms with van der Waals surface area (Å²) >= 11 is 0. The third-order valence-electron chi connectivity index (χ3n) is 11.0. The molecule has 4 rings (SSSR count). The lowest BCUT2D eigenvalue weighted by molar-refractivity contribution is -0.146. The Kier molecular flexibility index (Phi) is 5.62. The van der Waals surface area contributed by atoms with Gasteiger partial charge in [0.05, 0.1) is 18.0 Å². The monoisotopic (exact) mass is 458 g/mol. The zero-order valence-electron chi connectivity index (χ0n) is 21.2. The largest absolute Gasteiger partial charge is 0.513 e. The van der Waals surface area contributed by atoms with Crippen LogP contribution in [0.2, 0.25) is 0 Å². The molecule has 0 aliphatic heterocycles. The average molecular weight is 459 g/mol. The van der Waals surface area contributed by atoms with E-state index in [4.69, 9.17) is 0 Å². The third kappa shape index (κ3) is 3.10. The Morgan fingerprint density at radius 1 is 1.12 bits per heavy atom. The van der Waals surface area contributed by atoms with E-state index in [1.165, 1.54) is 0 Å². The Balaban J connectivity index is 1.85. The van der Waals surface area contributed by atoms with E-state index in [1.807, 2.05) is 13.8 Å². The van der Waals surface area contributed by atoms with Gasteiger partial charge in [-0.05, 0) is 54.4 Å². The summed E-state index contributed by atoms with van der Waals surface area (Å²) in [4.78, 5) is 26.8. The van der Waals surface area contributed by atoms with Crippen LogP contribution in [0.3, 0.4) is 0 Å². The molecule has 2 fully saturated rings. The van der Waals surface area contributed by atoms with Crippen molar-refractivity contribution in [1.82, 2.24) is 0 Å². The summed E-state index contributed by atoms with van der Waals surface area (Å²) in [6, 6.07) is 0. The number of fused-ring (bicyclic) bond motifs is 4. The first-order valence-corrected chi connectivity index (χ1v) is 12.7. The zero-order valence-corrected chi connectivity index (χ0v) is 21.2. The Labute approximate surface area is 198 Å². The van der Waals surface area contributed by atoms with Gasteiger partial charge in [-0.1, -0.05) is 48.1 Å². The molecule has 0 heterocycles. The molecule has 0 aromatic heterocycles. The minimum Gasteiger partial charge on any atom is -0.513 e. The molecular formula is C28H42O5. The minimum atomic E-state index is -0.835. The molecule has 5 nitrogen and oxygen atoms in total. The van der Waals surface area contributed by atoms with Gasteiger partial charge in [0.25, 0.3) is 0 Å². The smallest absolute Gasteiger partial charge is 0.160 e. The second-order valence-corrected chi connectivity index (χ2v) is 12.8. The maximum absolute atomic E-state index is 14.0. The van der Waals surface area contributed by atoms with E-state index in [-0.39, 0.29) is 35.1 Å². The van der Waals surface area contributed by atoms with Gasteiger partial charge >= 0.3 is 0 Å². The van der Waals surface area contributed by atoms with Gasteiger partial charge in [-0.2, -0.15) is 0 Å². The van der Waals surface area contributed by atoms with Crippen LogP contribution in [0.5, 0.6) is 0 Å². The lowest BCUT2D eigenvalue weighted by Crippen LogP contribution is -2.60. The molecule has 0 unspecified atom stereocenters. The van der Waals surface area contributed by atoms with E-state index in [9.17, 15) is 24.9 Å². The first-order chi connectivity index (χ1) is 15.1. The molecule has 8 atom stereocenters. The molecule has 184 valence electrons. The highest BCUT2D eigenvalue weighted by Gasteiger charge is 2.69. The van der Waals surface area contributed by atoms with Gasteiger partial charge in [0.2, 0.25) is 0 Å². The van der Waals surface area contributed by atoms with Crippen LogP contribution in [0.15, 0.2) is 23.5 Å². The fourth-order valence-electron chi connectivity index (χ4n) is 8.79. The van der Waals surface area contributed by atoms with Crippen LogP contribution < -0.4 is 0 Å². The van der Waals surface area contributed by atoms with E-state index < -0.39 is 33.9 Å². The predicted molar refractivity (Wildman–Crippen MR) is 127 cm³/mol. The Hall–Kier alpha value is -1.46. The number of carbonyl (C=O) groups is 2. The molecular weight excluding hydrogens is 416 g/mol. The molecule has 2 saturated carbocycles. The normalized spacial score (nSPS) is 45.3. The van der Waals surface area contributed by atoms with Crippen LogP contribution in [0.4, 0.5) is 0 Å². The first kappa shape index (κ1) is 24.7. The Bertz CT molecular complexity index is 931. The topological polar surface area (TPSA) is 94.8 Å². The summed E-state index contributed by atoms with van der Waals surface area (Å²) in [5, 5.41) is 32.7. The zero-order chi connectivity index (χ0) is 24.7. The van der Waals surface area contributed by atoms with Crippen LogP contribution in [0.25, 0.3) is 0 Å². The molecule has 4 aliphatic carbocycles. The van der Waals surface area contributed by atoms with Crippen molar-refractivity contribution in [3.8, 4) is 0 Å². The SMILES string of the molecule is C=C(O)CC[C@@H](C)[C@H]1C[C@H](O)[C@@]2(C)C3=C(C(=O)C[C@]12C)[C@@]1(C)CCC(=O)C(C)(C)[C@@H]1C[C@@H]3O. The fourth-order valence-corrected chi connectivity index (χ4v) is 8.79. The minimum absolute atomic E-state index is 0.0826. The standard InChI is InChI=1S/C28H42O5/c1-15(8-9-16(2)29)17-12-22(33)28(7)24-18(30)13-20-25(3,4)21(32)10-11-26(20,5)23(24)19(31)14-27(17,28)6/h15,17-18,20,22,29-30,33H,2,8-14H2,1,3-7H3/t15-,17-,18+,20+,22+,26+,27-,28+/m1/s1. The quantitative estimate of drug-likeness (QED) is 0.520. The second-order valence-electron chi connectivity index (χ2n) is 12.8. The summed E-state index contributed by atoms with van der Waals surface area (Å²) in [7, 11) is 0. The van der Waals surface area contributed by atoms with E-state index in [0.29, 0.717) is 44.1 Å². The van der Waals surface area contributed by atoms with Gasteiger partial charge in [-0.3, -0.25) is 9.59 Å². The maximum atomic E-state index is 14.0. The van der Waals surface area contributed by atoms with Crippen molar-refractivity contribution in [3.63, 3.8) is 0 Å². The summed E-state index contributed by atoms with van der Waals surface area (Å²) < 4.78 is 0. The van der Waals surface area contributed by atoms with Crippen LogP contribution in [-0.4, -0.2) is 39.1 Å². The van der Waals surface area contributed by atoms with Crippen molar-refractivity contribution >= 4 is 11.6 Å². The molecule has 0 amide bonds. The molecule has 0 aromatic rings. The third-order valence-corrected chi connectivity index (χ3v) is 11.0. The van der Waals surface area contributed by atoms with E-state index in [1.54, 1.807) is 0 Å². The highest BCUT2D eigenvalue weighted by molar-refractivity contribution is 6.01. The molecule has 0 bridgehead atoms. The molecule has 0 aromatic carbocycles. The number of allylic oxidation sites excluding steroid dienone is 2. The number of rotatable bonds is 4. The number of aliphatic hydroxyl groups excluding tert-OH is 3. The molecule has 33 heavy (non-hydrogen) atoms. The highest BCUT2D eigenvalue weighted by Crippen LogP contribution is 2.71. The summed E-state index contributed by atoms with van der Waals surface area (Å²) in [5.74, 6) is 0.646. The number of hydrogen-bond donors (Lipinski definition) is 3. The number of hydrogen-bond acceptors (Lipinski definition) is 5. The number of aliphatic hydroxyl groups is 3.